The van der Waals surface area contributed by atoms with Crippen molar-refractivity contribution >= 4 is 29.1 Å². The van der Waals surface area contributed by atoms with Crippen LogP contribution in [0, 0.1) is 0 Å². The number of carbonyl (C=O) groups excluding carboxylic acids is 1. The number of nitrogens with zero attached hydrogens (tertiary/aromatic N) is 4. The molecule has 1 saturated heterocycles. The number of carboxylic acid groups (broad SMARTS) is 1. The van der Waals surface area contributed by atoms with Crippen molar-refractivity contribution in [1.29, 1.82) is 0 Å². The molecule has 2 aromatic rings. The van der Waals surface area contributed by atoms with Crippen LogP contribution in [0.4, 0.5) is 5.69 Å². The van der Waals surface area contributed by atoms with Gasteiger partial charge in [0.25, 0.3) is 0 Å². The van der Waals surface area contributed by atoms with Gasteiger partial charge >= 0.3 is 5.97 Å². The number of hydrogen-bond acceptors (Lipinski definition) is 5. The van der Waals surface area contributed by atoms with Gasteiger partial charge in [0, 0.05) is 38.4 Å². The van der Waals surface area contributed by atoms with Gasteiger partial charge < -0.3 is 19.5 Å². The number of carbonyl (C=O) groups is 2. The molecule has 3 heterocycles. The Morgan fingerprint density at radius 2 is 1.96 bits per heavy atom. The molecule has 1 amide bonds. The summed E-state index contributed by atoms with van der Waals surface area (Å²) < 4.78 is 1.87. The van der Waals surface area contributed by atoms with Crippen molar-refractivity contribution in [1.82, 2.24) is 14.5 Å². The Kier molecular flexibility index (Phi) is 3.67. The zero-order chi connectivity index (χ0) is 17.6. The molecule has 2 fully saturated rings. The minimum atomic E-state index is -1.22. The van der Waals surface area contributed by atoms with Crippen molar-refractivity contribution in [2.75, 3.05) is 31.1 Å². The van der Waals surface area contributed by atoms with E-state index in [0.717, 1.165) is 24.9 Å². The molecule has 130 valence electrons. The number of carboxylic acids is 1. The van der Waals surface area contributed by atoms with Gasteiger partial charge in [0.15, 0.2) is 0 Å². The van der Waals surface area contributed by atoms with E-state index in [1.165, 1.54) is 6.20 Å². The largest absolute Gasteiger partial charge is 0.477 e. The van der Waals surface area contributed by atoms with Gasteiger partial charge in [-0.05, 0) is 18.9 Å². The highest BCUT2D eigenvalue weighted by atomic mass is 16.4. The lowest BCUT2D eigenvalue weighted by Crippen LogP contribution is -2.45. The van der Waals surface area contributed by atoms with E-state index in [0.29, 0.717) is 31.7 Å². The second-order valence-electron chi connectivity index (χ2n) is 6.51. The van der Waals surface area contributed by atoms with Gasteiger partial charge in [0.2, 0.25) is 11.8 Å². The van der Waals surface area contributed by atoms with Crippen LogP contribution < -0.4 is 10.3 Å². The van der Waals surface area contributed by atoms with E-state index in [1.807, 2.05) is 10.6 Å². The molecule has 0 bridgehead atoms. The van der Waals surface area contributed by atoms with Crippen LogP contribution in [0.3, 0.4) is 0 Å². The quantitative estimate of drug-likeness (QED) is 0.822. The minimum absolute atomic E-state index is 0.196. The van der Waals surface area contributed by atoms with E-state index >= 15 is 0 Å². The molecule has 0 aromatic carbocycles. The Hall–Kier alpha value is -2.90. The first-order valence-electron chi connectivity index (χ1n) is 8.31. The highest BCUT2D eigenvalue weighted by Crippen LogP contribution is 2.37. The zero-order valence-corrected chi connectivity index (χ0v) is 13.6. The van der Waals surface area contributed by atoms with E-state index in [-0.39, 0.29) is 17.1 Å². The van der Waals surface area contributed by atoms with Crippen LogP contribution in [0.5, 0.6) is 0 Å². The van der Waals surface area contributed by atoms with Crippen LogP contribution in [0.1, 0.15) is 29.2 Å². The molecule has 8 nitrogen and oxygen atoms in total. The summed E-state index contributed by atoms with van der Waals surface area (Å²) in [6.07, 6.45) is 5.86. The standard InChI is InChI=1S/C17H18N4O4/c22-10-19-3-5-20(6-4-19)12-7-14-15(18-8-12)16(23)13(17(24)25)9-21(14)11-1-2-11/h7-11H,1-6H2,(H,24,25). The van der Waals surface area contributed by atoms with Gasteiger partial charge in [-0.1, -0.05) is 0 Å². The van der Waals surface area contributed by atoms with Gasteiger partial charge in [-0.25, -0.2) is 9.78 Å². The summed E-state index contributed by atoms with van der Waals surface area (Å²) in [5, 5.41) is 9.28. The lowest BCUT2D eigenvalue weighted by Gasteiger charge is -2.34. The van der Waals surface area contributed by atoms with Crippen LogP contribution >= 0.6 is 0 Å². The lowest BCUT2D eigenvalue weighted by atomic mass is 10.2. The molecule has 2 aliphatic rings. The summed E-state index contributed by atoms with van der Waals surface area (Å²) in [6, 6.07) is 2.13. The smallest absolute Gasteiger partial charge is 0.341 e. The second-order valence-corrected chi connectivity index (χ2v) is 6.51. The van der Waals surface area contributed by atoms with E-state index in [4.69, 9.17) is 0 Å². The second kappa shape index (κ2) is 5.87. The van der Waals surface area contributed by atoms with Crippen molar-refractivity contribution in [3.63, 3.8) is 0 Å². The third-order valence-electron chi connectivity index (χ3n) is 4.86. The number of pyridine rings is 2. The summed E-state index contributed by atoms with van der Waals surface area (Å²) in [4.78, 5) is 42.7. The fourth-order valence-electron chi connectivity index (χ4n) is 3.27. The first-order valence-corrected chi connectivity index (χ1v) is 8.31. The minimum Gasteiger partial charge on any atom is -0.477 e. The van der Waals surface area contributed by atoms with Crippen LogP contribution in [-0.2, 0) is 4.79 Å². The highest BCUT2D eigenvalue weighted by molar-refractivity contribution is 5.92. The third kappa shape index (κ3) is 2.73. The first-order chi connectivity index (χ1) is 12.1. The first kappa shape index (κ1) is 15.6. The maximum Gasteiger partial charge on any atom is 0.341 e. The number of aromatic nitrogens is 2. The van der Waals surface area contributed by atoms with Crippen LogP contribution in [0.2, 0.25) is 0 Å². The number of piperazine rings is 1. The molecule has 1 aliphatic heterocycles. The average Bonchev–Trinajstić information content (AvgIpc) is 3.46. The summed E-state index contributed by atoms with van der Waals surface area (Å²) >= 11 is 0. The lowest BCUT2D eigenvalue weighted by molar-refractivity contribution is -0.118. The number of rotatable bonds is 4. The molecule has 1 aliphatic carbocycles. The molecule has 1 saturated carbocycles. The van der Waals surface area contributed by atoms with Gasteiger partial charge in [0.1, 0.15) is 11.1 Å². The SMILES string of the molecule is O=CN1CCN(c2cnc3c(=O)c(C(=O)O)cn(C4CC4)c3c2)CC1. The predicted octanol–water partition coefficient (Wildman–Crippen LogP) is 0.708. The molecule has 0 unspecified atom stereocenters. The number of amides is 1. The van der Waals surface area contributed by atoms with Gasteiger partial charge in [0.05, 0.1) is 17.4 Å². The Balaban J connectivity index is 1.79. The molecular weight excluding hydrogens is 324 g/mol. The predicted molar refractivity (Wildman–Crippen MR) is 91.1 cm³/mol. The normalized spacial score (nSPS) is 17.8. The van der Waals surface area contributed by atoms with Crippen LogP contribution in [0.15, 0.2) is 23.3 Å². The Morgan fingerprint density at radius 3 is 2.56 bits per heavy atom. The van der Waals surface area contributed by atoms with Crippen LogP contribution in [-0.4, -0.2) is 58.1 Å². The van der Waals surface area contributed by atoms with Gasteiger partial charge in [-0.15, -0.1) is 0 Å². The molecule has 0 spiro atoms. The molecule has 0 atom stereocenters. The third-order valence-corrected chi connectivity index (χ3v) is 4.86. The Bertz CT molecular complexity index is 911. The summed E-state index contributed by atoms with van der Waals surface area (Å²) in [6.45, 7) is 2.70. The Morgan fingerprint density at radius 1 is 1.24 bits per heavy atom. The van der Waals surface area contributed by atoms with Crippen molar-refractivity contribution < 1.29 is 14.7 Å². The summed E-state index contributed by atoms with van der Waals surface area (Å²) in [7, 11) is 0. The monoisotopic (exact) mass is 342 g/mol. The number of aromatic carboxylic acids is 1. The highest BCUT2D eigenvalue weighted by Gasteiger charge is 2.27. The molecule has 1 N–H and O–H groups in total. The van der Waals surface area contributed by atoms with E-state index in [1.54, 1.807) is 11.1 Å². The van der Waals surface area contributed by atoms with Crippen molar-refractivity contribution in [3.8, 4) is 0 Å². The van der Waals surface area contributed by atoms with Crippen molar-refractivity contribution in [2.45, 2.75) is 18.9 Å². The number of hydrogen-bond donors (Lipinski definition) is 1. The molecule has 0 radical (unpaired) electrons. The maximum atomic E-state index is 12.4. The fourth-order valence-corrected chi connectivity index (χ4v) is 3.27. The van der Waals surface area contributed by atoms with E-state index in [2.05, 4.69) is 9.88 Å². The number of anilines is 1. The molecule has 4 rings (SSSR count). The summed E-state index contributed by atoms with van der Waals surface area (Å²) in [5.41, 5.74) is 0.973. The molecular formula is C17H18N4O4. The molecule has 2 aromatic heterocycles. The van der Waals surface area contributed by atoms with Crippen molar-refractivity contribution in [2.24, 2.45) is 0 Å². The van der Waals surface area contributed by atoms with Gasteiger partial charge in [-0.3, -0.25) is 9.59 Å². The zero-order valence-electron chi connectivity index (χ0n) is 13.6. The topological polar surface area (TPSA) is 95.7 Å². The Labute approximate surface area is 143 Å². The van der Waals surface area contributed by atoms with Gasteiger partial charge in [-0.2, -0.15) is 0 Å². The molecule has 25 heavy (non-hydrogen) atoms. The van der Waals surface area contributed by atoms with E-state index < -0.39 is 11.4 Å². The van der Waals surface area contributed by atoms with E-state index in [9.17, 15) is 19.5 Å². The van der Waals surface area contributed by atoms with Crippen LogP contribution in [0.25, 0.3) is 11.0 Å². The van der Waals surface area contributed by atoms with Crippen molar-refractivity contribution in [3.05, 3.63) is 34.2 Å². The average molecular weight is 342 g/mol. The number of fused-ring (bicyclic) bond motifs is 1. The maximum absolute atomic E-state index is 12.4. The molecule has 8 heteroatoms. The summed E-state index contributed by atoms with van der Waals surface area (Å²) in [5.74, 6) is -1.22. The fraction of sp³-hybridized carbons (Fsp3) is 0.412.